The van der Waals surface area contributed by atoms with Gasteiger partial charge in [-0.25, -0.2) is 4.98 Å². The first kappa shape index (κ1) is 14.5. The number of halogens is 1. The van der Waals surface area contributed by atoms with Crippen LogP contribution in [0.1, 0.15) is 36.5 Å². The summed E-state index contributed by atoms with van der Waals surface area (Å²) in [6, 6.07) is 6.64. The van der Waals surface area contributed by atoms with Crippen LogP contribution in [-0.4, -0.2) is 12.1 Å². The molecule has 0 aliphatic carbocycles. The lowest BCUT2D eigenvalue weighted by molar-refractivity contribution is 0.411. The molecular weight excluding hydrogens is 324 g/mol. The fourth-order valence-corrected chi connectivity index (χ4v) is 3.16. The molecule has 1 N–H and O–H groups in total. The number of hydrogen-bond donors (Lipinski definition) is 1. The zero-order chi connectivity index (χ0) is 13.8. The lowest BCUT2D eigenvalue weighted by Crippen LogP contribution is -2.22. The molecule has 0 bridgehead atoms. The van der Waals surface area contributed by atoms with E-state index in [1.165, 1.54) is 5.56 Å². The maximum absolute atomic E-state index is 5.24. The molecule has 2 rings (SSSR count). The first-order chi connectivity index (χ1) is 9.11. The van der Waals surface area contributed by atoms with Gasteiger partial charge in [0.15, 0.2) is 0 Å². The van der Waals surface area contributed by atoms with Gasteiger partial charge < -0.3 is 10.1 Å². The Labute approximate surface area is 126 Å². The van der Waals surface area contributed by atoms with Crippen molar-refractivity contribution in [2.45, 2.75) is 25.9 Å². The fraction of sp³-hybridized carbons (Fsp3) is 0.357. The summed E-state index contributed by atoms with van der Waals surface area (Å²) < 4.78 is 6.22. The van der Waals surface area contributed by atoms with E-state index in [-0.39, 0.29) is 12.1 Å². The van der Waals surface area contributed by atoms with E-state index < -0.39 is 0 Å². The van der Waals surface area contributed by atoms with E-state index >= 15 is 0 Å². The molecule has 5 heteroatoms. The van der Waals surface area contributed by atoms with Crippen LogP contribution in [0.3, 0.4) is 0 Å². The van der Waals surface area contributed by atoms with Crippen molar-refractivity contribution >= 4 is 27.3 Å². The van der Waals surface area contributed by atoms with Crippen molar-refractivity contribution in [1.82, 2.24) is 10.3 Å². The van der Waals surface area contributed by atoms with Crippen molar-refractivity contribution < 1.29 is 4.74 Å². The normalized spacial score (nSPS) is 14.1. The number of rotatable bonds is 5. The van der Waals surface area contributed by atoms with Gasteiger partial charge in [-0.2, -0.15) is 0 Å². The van der Waals surface area contributed by atoms with Crippen LogP contribution in [0.4, 0.5) is 0 Å². The number of aromatic nitrogens is 1. The Hall–Kier alpha value is -0.910. The average Bonchev–Trinajstić information content (AvgIpc) is 2.92. The van der Waals surface area contributed by atoms with Crippen LogP contribution in [0.15, 0.2) is 34.2 Å². The SMILES string of the molecule is COc1ccc(C(C)NC(C)c2nccs2)cc1Br. The minimum Gasteiger partial charge on any atom is -0.496 e. The monoisotopic (exact) mass is 340 g/mol. The molecular formula is C14H17BrN2OS. The molecule has 2 atom stereocenters. The molecule has 0 radical (unpaired) electrons. The van der Waals surface area contributed by atoms with Crippen molar-refractivity contribution in [2.75, 3.05) is 7.11 Å². The number of methoxy groups -OCH3 is 1. The van der Waals surface area contributed by atoms with Crippen LogP contribution in [0, 0.1) is 0 Å². The Morgan fingerprint density at radius 3 is 2.68 bits per heavy atom. The highest BCUT2D eigenvalue weighted by atomic mass is 79.9. The quantitative estimate of drug-likeness (QED) is 0.879. The molecule has 2 aromatic rings. The maximum Gasteiger partial charge on any atom is 0.133 e. The van der Waals surface area contributed by atoms with Crippen LogP contribution < -0.4 is 10.1 Å². The first-order valence-corrected chi connectivity index (χ1v) is 7.78. The molecule has 0 fully saturated rings. The predicted octanol–water partition coefficient (Wildman–Crippen LogP) is 4.33. The summed E-state index contributed by atoms with van der Waals surface area (Å²) in [5.41, 5.74) is 1.22. The molecule has 2 unspecified atom stereocenters. The van der Waals surface area contributed by atoms with Gasteiger partial charge in [0.25, 0.3) is 0 Å². The maximum atomic E-state index is 5.24. The van der Waals surface area contributed by atoms with Gasteiger partial charge in [0.05, 0.1) is 17.6 Å². The summed E-state index contributed by atoms with van der Waals surface area (Å²) >= 11 is 5.19. The van der Waals surface area contributed by atoms with Gasteiger partial charge in [0.1, 0.15) is 10.8 Å². The van der Waals surface area contributed by atoms with E-state index in [0.29, 0.717) is 0 Å². The molecule has 1 aromatic heterocycles. The Kier molecular flexibility index (Phi) is 4.96. The van der Waals surface area contributed by atoms with E-state index in [2.05, 4.69) is 52.2 Å². The summed E-state index contributed by atoms with van der Waals surface area (Å²) in [6.07, 6.45) is 1.84. The Balaban J connectivity index is 2.07. The molecule has 0 aliphatic rings. The lowest BCUT2D eigenvalue weighted by Gasteiger charge is -2.19. The molecule has 0 saturated heterocycles. The van der Waals surface area contributed by atoms with Gasteiger partial charge in [0, 0.05) is 17.6 Å². The number of nitrogens with zero attached hydrogens (tertiary/aromatic N) is 1. The van der Waals surface area contributed by atoms with Crippen molar-refractivity contribution in [3.63, 3.8) is 0 Å². The Bertz CT molecular complexity index is 530. The van der Waals surface area contributed by atoms with E-state index in [9.17, 15) is 0 Å². The minimum atomic E-state index is 0.246. The summed E-state index contributed by atoms with van der Waals surface area (Å²) in [7, 11) is 1.67. The molecule has 1 aromatic carbocycles. The van der Waals surface area contributed by atoms with Gasteiger partial charge in [-0.1, -0.05) is 6.07 Å². The number of thiazole rings is 1. The molecule has 19 heavy (non-hydrogen) atoms. The zero-order valence-electron chi connectivity index (χ0n) is 11.2. The van der Waals surface area contributed by atoms with E-state index in [1.54, 1.807) is 18.4 Å². The number of nitrogens with one attached hydrogen (secondary N) is 1. The second-order valence-electron chi connectivity index (χ2n) is 4.37. The van der Waals surface area contributed by atoms with E-state index in [4.69, 9.17) is 4.74 Å². The van der Waals surface area contributed by atoms with Gasteiger partial charge in [-0.15, -0.1) is 11.3 Å². The summed E-state index contributed by atoms with van der Waals surface area (Å²) in [4.78, 5) is 4.33. The number of hydrogen-bond acceptors (Lipinski definition) is 4. The first-order valence-electron chi connectivity index (χ1n) is 6.10. The van der Waals surface area contributed by atoms with Crippen molar-refractivity contribution in [3.05, 3.63) is 44.8 Å². The third-order valence-electron chi connectivity index (χ3n) is 3.00. The van der Waals surface area contributed by atoms with Crippen LogP contribution in [0.5, 0.6) is 5.75 Å². The van der Waals surface area contributed by atoms with E-state index in [0.717, 1.165) is 15.2 Å². The molecule has 0 saturated carbocycles. The molecule has 0 aliphatic heterocycles. The Morgan fingerprint density at radius 1 is 1.32 bits per heavy atom. The third kappa shape index (κ3) is 3.55. The van der Waals surface area contributed by atoms with Crippen LogP contribution >= 0.6 is 27.3 Å². The third-order valence-corrected chi connectivity index (χ3v) is 4.58. The number of ether oxygens (including phenoxy) is 1. The molecule has 0 spiro atoms. The standard InChI is InChI=1S/C14H17BrN2OS/c1-9(17-10(2)14-16-6-7-19-14)11-4-5-13(18-3)12(15)8-11/h4-10,17H,1-3H3. The topological polar surface area (TPSA) is 34.1 Å². The zero-order valence-corrected chi connectivity index (χ0v) is 13.6. The second kappa shape index (κ2) is 6.50. The molecule has 1 heterocycles. The van der Waals surface area contributed by atoms with Crippen LogP contribution in [0.2, 0.25) is 0 Å². The highest BCUT2D eigenvalue weighted by Gasteiger charge is 2.14. The van der Waals surface area contributed by atoms with Gasteiger partial charge in [-0.3, -0.25) is 0 Å². The largest absolute Gasteiger partial charge is 0.496 e. The molecule has 0 amide bonds. The van der Waals surface area contributed by atoms with Crippen molar-refractivity contribution in [2.24, 2.45) is 0 Å². The second-order valence-corrected chi connectivity index (χ2v) is 6.15. The van der Waals surface area contributed by atoms with Crippen LogP contribution in [0.25, 0.3) is 0 Å². The van der Waals surface area contributed by atoms with Crippen LogP contribution in [-0.2, 0) is 0 Å². The van der Waals surface area contributed by atoms with Crippen molar-refractivity contribution in [3.8, 4) is 5.75 Å². The molecule has 3 nitrogen and oxygen atoms in total. The van der Waals surface area contributed by atoms with Crippen molar-refractivity contribution in [1.29, 1.82) is 0 Å². The summed E-state index contributed by atoms with van der Waals surface area (Å²) in [5.74, 6) is 0.851. The fourth-order valence-electron chi connectivity index (χ4n) is 1.94. The summed E-state index contributed by atoms with van der Waals surface area (Å²) in [5, 5.41) is 6.66. The minimum absolute atomic E-state index is 0.246. The highest BCUT2D eigenvalue weighted by Crippen LogP contribution is 2.29. The average molecular weight is 341 g/mol. The van der Waals surface area contributed by atoms with Gasteiger partial charge in [-0.05, 0) is 47.5 Å². The molecule has 102 valence electrons. The Morgan fingerprint density at radius 2 is 2.11 bits per heavy atom. The smallest absolute Gasteiger partial charge is 0.133 e. The number of benzene rings is 1. The van der Waals surface area contributed by atoms with Gasteiger partial charge in [0.2, 0.25) is 0 Å². The summed E-state index contributed by atoms with van der Waals surface area (Å²) in [6.45, 7) is 4.28. The predicted molar refractivity (Wildman–Crippen MR) is 82.8 cm³/mol. The lowest BCUT2D eigenvalue weighted by atomic mass is 10.1. The van der Waals surface area contributed by atoms with Gasteiger partial charge >= 0.3 is 0 Å². The highest BCUT2D eigenvalue weighted by molar-refractivity contribution is 9.10. The van der Waals surface area contributed by atoms with E-state index in [1.807, 2.05) is 17.6 Å².